The lowest BCUT2D eigenvalue weighted by molar-refractivity contribution is 0.285. The number of rotatable bonds is 2. The maximum atomic E-state index is 3.31. The smallest absolute Gasteiger partial charge is 0.0249 e. The van der Waals surface area contributed by atoms with Crippen molar-refractivity contribution in [2.24, 2.45) is 0 Å². The predicted octanol–water partition coefficient (Wildman–Crippen LogP) is 0.463. The van der Waals surface area contributed by atoms with Crippen molar-refractivity contribution in [1.82, 2.24) is 10.2 Å². The molecule has 1 saturated heterocycles. The molecule has 0 unspecified atom stereocenters. The highest BCUT2D eigenvalue weighted by Gasteiger charge is 2.06. The van der Waals surface area contributed by atoms with E-state index in [4.69, 9.17) is 0 Å². The summed E-state index contributed by atoms with van der Waals surface area (Å²) in [6.45, 7) is 9.14. The van der Waals surface area contributed by atoms with Crippen molar-refractivity contribution in [2.75, 3.05) is 26.2 Å². The quantitative estimate of drug-likeness (QED) is 0.580. The molecule has 0 aromatic rings. The van der Waals surface area contributed by atoms with Gasteiger partial charge in [0.1, 0.15) is 0 Å². The van der Waals surface area contributed by atoms with E-state index in [0.29, 0.717) is 0 Å². The van der Waals surface area contributed by atoms with Crippen molar-refractivity contribution < 1.29 is 0 Å². The van der Waals surface area contributed by atoms with Crippen LogP contribution in [0.4, 0.5) is 0 Å². The first-order valence-electron chi connectivity index (χ1n) is 3.71. The molecule has 0 bridgehead atoms. The Hall–Kier alpha value is -0.0800. The van der Waals surface area contributed by atoms with E-state index in [0.717, 1.165) is 13.1 Å². The zero-order valence-corrected chi connectivity index (χ0v) is 6.06. The third-order valence-electron chi connectivity index (χ3n) is 1.59. The van der Waals surface area contributed by atoms with Gasteiger partial charge in [-0.25, -0.2) is 0 Å². The summed E-state index contributed by atoms with van der Waals surface area (Å²) in [5, 5.41) is 3.31. The zero-order valence-electron chi connectivity index (χ0n) is 6.06. The summed E-state index contributed by atoms with van der Waals surface area (Å²) in [5.41, 5.74) is 0. The zero-order chi connectivity index (χ0) is 6.53. The first-order valence-corrected chi connectivity index (χ1v) is 3.71. The number of hydrogen-bond donors (Lipinski definition) is 1. The maximum Gasteiger partial charge on any atom is 0.0249 e. The minimum Gasteiger partial charge on any atom is -0.314 e. The third kappa shape index (κ3) is 2.33. The Morgan fingerprint density at radius 2 is 2.11 bits per heavy atom. The van der Waals surface area contributed by atoms with E-state index >= 15 is 0 Å². The molecule has 1 radical (unpaired) electrons. The first kappa shape index (κ1) is 7.03. The number of nitrogens with zero attached hydrogens (tertiary/aromatic N) is 1. The van der Waals surface area contributed by atoms with Crippen LogP contribution in [0.15, 0.2) is 0 Å². The third-order valence-corrected chi connectivity index (χ3v) is 1.59. The van der Waals surface area contributed by atoms with Crippen LogP contribution in [0.1, 0.15) is 13.3 Å². The Morgan fingerprint density at radius 3 is 2.67 bits per heavy atom. The highest BCUT2D eigenvalue weighted by Crippen LogP contribution is 1.97. The van der Waals surface area contributed by atoms with Crippen molar-refractivity contribution in [3.63, 3.8) is 0 Å². The fraction of sp³-hybridized carbons (Fsp3) is 0.857. The Kier molecular flexibility index (Phi) is 3.01. The topological polar surface area (TPSA) is 15.3 Å². The Balaban J connectivity index is 2.08. The van der Waals surface area contributed by atoms with Crippen LogP contribution in [0, 0.1) is 6.54 Å². The summed E-state index contributed by atoms with van der Waals surface area (Å²) in [7, 11) is 0. The van der Waals surface area contributed by atoms with Gasteiger partial charge in [-0.15, -0.1) is 0 Å². The molecule has 1 heterocycles. The van der Waals surface area contributed by atoms with E-state index in [1.54, 1.807) is 0 Å². The molecule has 1 aliphatic heterocycles. The lowest BCUT2D eigenvalue weighted by Gasteiger charge is -2.25. The second kappa shape index (κ2) is 3.85. The minimum absolute atomic E-state index is 1.15. The molecule has 0 aromatic heterocycles. The van der Waals surface area contributed by atoms with Crippen LogP contribution in [0.3, 0.4) is 0 Å². The second-order valence-corrected chi connectivity index (χ2v) is 2.38. The molecule has 9 heavy (non-hydrogen) atoms. The van der Waals surface area contributed by atoms with Crippen LogP contribution in [-0.2, 0) is 0 Å². The van der Waals surface area contributed by atoms with Gasteiger partial charge in [0.15, 0.2) is 0 Å². The largest absolute Gasteiger partial charge is 0.314 e. The second-order valence-electron chi connectivity index (χ2n) is 2.38. The highest BCUT2D eigenvalue weighted by molar-refractivity contribution is 4.73. The van der Waals surface area contributed by atoms with Crippen LogP contribution in [0.2, 0.25) is 0 Å². The Morgan fingerprint density at radius 1 is 1.44 bits per heavy atom. The van der Waals surface area contributed by atoms with Crippen LogP contribution < -0.4 is 5.32 Å². The summed E-state index contributed by atoms with van der Waals surface area (Å²) < 4.78 is 0. The summed E-state index contributed by atoms with van der Waals surface area (Å²) in [5.74, 6) is 0. The van der Waals surface area contributed by atoms with Crippen molar-refractivity contribution in [1.29, 1.82) is 0 Å². The predicted molar refractivity (Wildman–Crippen MR) is 39.0 cm³/mol. The molecular weight excluding hydrogens is 112 g/mol. The Labute approximate surface area is 57.2 Å². The molecule has 0 spiro atoms. The van der Waals surface area contributed by atoms with Crippen molar-refractivity contribution in [3.05, 3.63) is 6.54 Å². The van der Waals surface area contributed by atoms with Gasteiger partial charge >= 0.3 is 0 Å². The van der Waals surface area contributed by atoms with Gasteiger partial charge in [-0.3, -0.25) is 4.90 Å². The number of piperazine rings is 1. The lowest BCUT2D eigenvalue weighted by Crippen LogP contribution is -2.41. The van der Waals surface area contributed by atoms with E-state index in [2.05, 4.69) is 23.7 Å². The summed E-state index contributed by atoms with van der Waals surface area (Å²) >= 11 is 0. The molecular formula is C7H15N2. The molecule has 1 fully saturated rings. The first-order chi connectivity index (χ1) is 4.43. The Bertz CT molecular complexity index is 64.6. The fourth-order valence-corrected chi connectivity index (χ4v) is 1.12. The van der Waals surface area contributed by atoms with E-state index in [1.807, 2.05) is 0 Å². The molecule has 1 N–H and O–H groups in total. The van der Waals surface area contributed by atoms with E-state index in [-0.39, 0.29) is 0 Å². The molecule has 0 aromatic carbocycles. The minimum atomic E-state index is 1.15. The molecule has 0 aliphatic carbocycles. The van der Waals surface area contributed by atoms with Gasteiger partial charge in [-0.2, -0.15) is 0 Å². The average molecular weight is 127 g/mol. The van der Waals surface area contributed by atoms with Gasteiger partial charge in [0.05, 0.1) is 0 Å². The molecule has 1 rings (SSSR count). The van der Waals surface area contributed by atoms with Crippen LogP contribution in [0.5, 0.6) is 0 Å². The van der Waals surface area contributed by atoms with E-state index in [9.17, 15) is 0 Å². The van der Waals surface area contributed by atoms with E-state index < -0.39 is 0 Å². The van der Waals surface area contributed by atoms with Gasteiger partial charge in [0.25, 0.3) is 0 Å². The molecule has 53 valence electrons. The normalized spacial score (nSPS) is 22.3. The highest BCUT2D eigenvalue weighted by atomic mass is 15.2. The SMILES string of the molecule is CC[CH]N1CCNCC1. The van der Waals surface area contributed by atoms with Crippen LogP contribution >= 0.6 is 0 Å². The average Bonchev–Trinajstić information content (AvgIpc) is 1.91. The number of nitrogens with one attached hydrogen (secondary N) is 1. The van der Waals surface area contributed by atoms with Crippen molar-refractivity contribution in [3.8, 4) is 0 Å². The maximum absolute atomic E-state index is 3.31. The van der Waals surface area contributed by atoms with Crippen LogP contribution in [0.25, 0.3) is 0 Å². The summed E-state index contributed by atoms with van der Waals surface area (Å²) in [6, 6.07) is 0. The lowest BCUT2D eigenvalue weighted by atomic mass is 10.3. The van der Waals surface area contributed by atoms with Crippen LogP contribution in [-0.4, -0.2) is 31.1 Å². The van der Waals surface area contributed by atoms with Gasteiger partial charge in [0.2, 0.25) is 0 Å². The summed E-state index contributed by atoms with van der Waals surface area (Å²) in [6.07, 6.45) is 1.17. The molecule has 2 heteroatoms. The van der Waals surface area contributed by atoms with Crippen molar-refractivity contribution >= 4 is 0 Å². The molecule has 0 amide bonds. The van der Waals surface area contributed by atoms with Gasteiger partial charge in [-0.1, -0.05) is 6.92 Å². The van der Waals surface area contributed by atoms with Gasteiger partial charge in [0, 0.05) is 32.7 Å². The molecule has 0 atom stereocenters. The molecule has 0 saturated carbocycles. The van der Waals surface area contributed by atoms with Crippen molar-refractivity contribution in [2.45, 2.75) is 13.3 Å². The molecule has 1 aliphatic rings. The number of hydrogen-bond acceptors (Lipinski definition) is 2. The standard InChI is InChI=1S/C7H15N2/c1-2-5-9-6-3-8-4-7-9/h5,8H,2-4,6-7H2,1H3. The van der Waals surface area contributed by atoms with Gasteiger partial charge in [-0.05, 0) is 6.42 Å². The summed E-state index contributed by atoms with van der Waals surface area (Å²) in [4.78, 5) is 2.39. The van der Waals surface area contributed by atoms with Gasteiger partial charge < -0.3 is 5.32 Å². The van der Waals surface area contributed by atoms with E-state index in [1.165, 1.54) is 19.5 Å². The fourth-order valence-electron chi connectivity index (χ4n) is 1.12. The molecule has 2 nitrogen and oxygen atoms in total. The monoisotopic (exact) mass is 127 g/mol.